The van der Waals surface area contributed by atoms with E-state index in [0.29, 0.717) is 31.5 Å². The lowest BCUT2D eigenvalue weighted by Gasteiger charge is -2.31. The maximum atomic E-state index is 12.9. The van der Waals surface area contributed by atoms with Crippen LogP contribution in [-0.2, 0) is 14.8 Å². The third-order valence-electron chi connectivity index (χ3n) is 5.01. The number of amides is 1. The van der Waals surface area contributed by atoms with Gasteiger partial charge in [-0.25, -0.2) is 13.1 Å². The number of rotatable bonds is 6. The van der Waals surface area contributed by atoms with Gasteiger partial charge in [0.2, 0.25) is 10.0 Å². The van der Waals surface area contributed by atoms with Crippen LogP contribution < -0.4 is 4.72 Å². The Bertz CT molecular complexity index is 809. The first-order valence-corrected chi connectivity index (χ1v) is 10.4. The van der Waals surface area contributed by atoms with Gasteiger partial charge in [-0.05, 0) is 56.2 Å². The largest absolute Gasteiger partial charge is 0.481 e. The second kappa shape index (κ2) is 7.36. The Balaban J connectivity index is 1.73. The summed E-state index contributed by atoms with van der Waals surface area (Å²) in [6.07, 6.45) is 3.13. The summed E-state index contributed by atoms with van der Waals surface area (Å²) in [7, 11) is -3.61. The second-order valence-corrected chi connectivity index (χ2v) is 8.92. The molecule has 2 aliphatic rings. The highest BCUT2D eigenvalue weighted by Crippen LogP contribution is 2.25. The zero-order chi connectivity index (χ0) is 18.9. The monoisotopic (exact) mass is 380 g/mol. The number of sulfonamides is 1. The molecule has 2 N–H and O–H groups in total. The van der Waals surface area contributed by atoms with Crippen LogP contribution >= 0.6 is 0 Å². The number of carboxylic acids is 1. The minimum absolute atomic E-state index is 0.00807. The average molecular weight is 380 g/mol. The van der Waals surface area contributed by atoms with Crippen molar-refractivity contribution in [1.82, 2.24) is 9.62 Å². The molecular weight excluding hydrogens is 356 g/mol. The molecule has 1 aromatic carbocycles. The van der Waals surface area contributed by atoms with Gasteiger partial charge in [-0.3, -0.25) is 9.59 Å². The first kappa shape index (κ1) is 18.8. The van der Waals surface area contributed by atoms with E-state index >= 15 is 0 Å². The zero-order valence-electron chi connectivity index (χ0n) is 14.8. The molecule has 8 heteroatoms. The number of carbonyl (C=O) groups is 2. The molecular formula is C18H24N2O5S. The van der Waals surface area contributed by atoms with Crippen molar-refractivity contribution in [3.63, 3.8) is 0 Å². The number of piperidine rings is 1. The Morgan fingerprint density at radius 3 is 2.42 bits per heavy atom. The van der Waals surface area contributed by atoms with Crippen molar-refractivity contribution in [2.45, 2.75) is 50.0 Å². The molecule has 1 saturated carbocycles. The van der Waals surface area contributed by atoms with Crippen LogP contribution in [0.2, 0.25) is 0 Å². The van der Waals surface area contributed by atoms with Crippen molar-refractivity contribution in [2.24, 2.45) is 5.92 Å². The lowest BCUT2D eigenvalue weighted by atomic mass is 9.93. The summed E-state index contributed by atoms with van der Waals surface area (Å²) in [4.78, 5) is 25.5. The predicted octanol–water partition coefficient (Wildman–Crippen LogP) is 1.76. The van der Waals surface area contributed by atoms with E-state index in [1.807, 2.05) is 0 Å². The van der Waals surface area contributed by atoms with Crippen LogP contribution in [0.1, 0.15) is 48.0 Å². The van der Waals surface area contributed by atoms with Crippen molar-refractivity contribution >= 4 is 21.9 Å². The van der Waals surface area contributed by atoms with Gasteiger partial charge >= 0.3 is 5.97 Å². The Kier molecular flexibility index (Phi) is 5.34. The molecule has 0 unspecified atom stereocenters. The fourth-order valence-corrected chi connectivity index (χ4v) is 4.58. The van der Waals surface area contributed by atoms with Gasteiger partial charge in [-0.15, -0.1) is 0 Å². The number of nitrogens with one attached hydrogen (secondary N) is 1. The molecule has 7 nitrogen and oxygen atoms in total. The van der Waals surface area contributed by atoms with E-state index in [4.69, 9.17) is 5.11 Å². The van der Waals surface area contributed by atoms with Crippen molar-refractivity contribution in [1.29, 1.82) is 0 Å². The Morgan fingerprint density at radius 1 is 1.19 bits per heavy atom. The van der Waals surface area contributed by atoms with Gasteiger partial charge in [0, 0.05) is 31.1 Å². The first-order valence-electron chi connectivity index (χ1n) is 8.90. The molecule has 1 aliphatic carbocycles. The molecule has 1 saturated heterocycles. The minimum Gasteiger partial charge on any atom is -0.481 e. The van der Waals surface area contributed by atoms with Crippen LogP contribution in [0.5, 0.6) is 0 Å². The molecule has 0 aromatic heterocycles. The summed E-state index contributed by atoms with van der Waals surface area (Å²) in [5.74, 6) is -0.918. The van der Waals surface area contributed by atoms with Crippen molar-refractivity contribution in [3.05, 3.63) is 29.3 Å². The maximum Gasteiger partial charge on any atom is 0.303 e. The molecule has 1 aliphatic heterocycles. The zero-order valence-corrected chi connectivity index (χ0v) is 15.6. The lowest BCUT2D eigenvalue weighted by molar-refractivity contribution is -0.138. The third kappa shape index (κ3) is 4.42. The number of carboxylic acid groups (broad SMARTS) is 1. The van der Waals surface area contributed by atoms with Crippen molar-refractivity contribution < 1.29 is 23.1 Å². The number of aryl methyl sites for hydroxylation is 1. The first-order chi connectivity index (χ1) is 12.3. The predicted molar refractivity (Wildman–Crippen MR) is 95.4 cm³/mol. The molecule has 1 aromatic rings. The standard InChI is InChI=1S/C18H24N2O5S/c1-12-2-5-15(26(24,25)19-14-3-4-14)11-16(12)18(23)20-8-6-13(7-9-20)10-17(21)22/h2,5,11,13-14,19H,3-4,6-10H2,1H3,(H,21,22). The molecule has 0 bridgehead atoms. The summed E-state index contributed by atoms with van der Waals surface area (Å²) in [5, 5.41) is 8.89. The van der Waals surface area contributed by atoms with E-state index in [1.54, 1.807) is 17.9 Å². The van der Waals surface area contributed by atoms with E-state index in [-0.39, 0.29) is 29.2 Å². The number of hydrogen-bond acceptors (Lipinski definition) is 4. The Hall–Kier alpha value is -1.93. The van der Waals surface area contributed by atoms with Crippen LogP contribution in [0.3, 0.4) is 0 Å². The van der Waals surface area contributed by atoms with Crippen LogP contribution in [0.25, 0.3) is 0 Å². The van der Waals surface area contributed by atoms with E-state index in [9.17, 15) is 18.0 Å². The molecule has 1 amide bonds. The van der Waals surface area contributed by atoms with Crippen LogP contribution in [-0.4, -0.2) is 49.4 Å². The summed E-state index contributed by atoms with van der Waals surface area (Å²) in [6, 6.07) is 4.64. The average Bonchev–Trinajstić information content (AvgIpc) is 3.38. The van der Waals surface area contributed by atoms with E-state index in [0.717, 1.165) is 18.4 Å². The van der Waals surface area contributed by atoms with Gasteiger partial charge in [-0.2, -0.15) is 0 Å². The number of benzene rings is 1. The number of carbonyl (C=O) groups excluding carboxylic acids is 1. The molecule has 3 rings (SSSR count). The van der Waals surface area contributed by atoms with Crippen LogP contribution in [0.4, 0.5) is 0 Å². The highest BCUT2D eigenvalue weighted by atomic mass is 32.2. The highest BCUT2D eigenvalue weighted by Gasteiger charge is 2.30. The SMILES string of the molecule is Cc1ccc(S(=O)(=O)NC2CC2)cc1C(=O)N1CCC(CC(=O)O)CC1. The van der Waals surface area contributed by atoms with Crippen LogP contribution in [0.15, 0.2) is 23.1 Å². The second-order valence-electron chi connectivity index (χ2n) is 7.21. The molecule has 0 spiro atoms. The van der Waals surface area contributed by atoms with Crippen LogP contribution in [0, 0.1) is 12.8 Å². The summed E-state index contributed by atoms with van der Waals surface area (Å²) >= 11 is 0. The minimum atomic E-state index is -3.61. The van der Waals surface area contributed by atoms with Crippen molar-refractivity contribution in [2.75, 3.05) is 13.1 Å². The fraction of sp³-hybridized carbons (Fsp3) is 0.556. The normalized spacial score (nSPS) is 18.7. The topological polar surface area (TPSA) is 104 Å². The quantitative estimate of drug-likeness (QED) is 0.783. The van der Waals surface area contributed by atoms with Gasteiger partial charge in [0.25, 0.3) is 5.91 Å². The smallest absolute Gasteiger partial charge is 0.303 e. The van der Waals surface area contributed by atoms with Gasteiger partial charge in [0.15, 0.2) is 0 Å². The fourth-order valence-electron chi connectivity index (χ4n) is 3.24. The van der Waals surface area contributed by atoms with E-state index < -0.39 is 16.0 Å². The number of aliphatic carboxylic acids is 1. The molecule has 2 fully saturated rings. The van der Waals surface area contributed by atoms with Gasteiger partial charge in [-0.1, -0.05) is 6.07 Å². The van der Waals surface area contributed by atoms with Crippen molar-refractivity contribution in [3.8, 4) is 0 Å². The lowest BCUT2D eigenvalue weighted by Crippen LogP contribution is -2.39. The number of hydrogen-bond donors (Lipinski definition) is 2. The van der Waals surface area contributed by atoms with Gasteiger partial charge in [0.05, 0.1) is 4.90 Å². The molecule has 26 heavy (non-hydrogen) atoms. The number of nitrogens with zero attached hydrogens (tertiary/aromatic N) is 1. The Morgan fingerprint density at radius 2 is 1.85 bits per heavy atom. The van der Waals surface area contributed by atoms with E-state index in [1.165, 1.54) is 12.1 Å². The third-order valence-corrected chi connectivity index (χ3v) is 6.53. The van der Waals surface area contributed by atoms with E-state index in [2.05, 4.69) is 4.72 Å². The molecule has 0 radical (unpaired) electrons. The summed E-state index contributed by atoms with van der Waals surface area (Å²) in [6.45, 7) is 2.77. The Labute approximate surface area is 153 Å². The molecule has 142 valence electrons. The summed E-state index contributed by atoms with van der Waals surface area (Å²) < 4.78 is 27.4. The van der Waals surface area contributed by atoms with Gasteiger partial charge < -0.3 is 10.0 Å². The summed E-state index contributed by atoms with van der Waals surface area (Å²) in [5.41, 5.74) is 1.12. The molecule has 0 atom stereocenters. The number of likely N-dealkylation sites (tertiary alicyclic amines) is 1. The highest BCUT2D eigenvalue weighted by molar-refractivity contribution is 7.89. The molecule has 1 heterocycles. The maximum absolute atomic E-state index is 12.9. The van der Waals surface area contributed by atoms with Gasteiger partial charge in [0.1, 0.15) is 0 Å².